The van der Waals surface area contributed by atoms with E-state index in [1.54, 1.807) is 24.1 Å². The Morgan fingerprint density at radius 2 is 2.05 bits per heavy atom. The molecule has 1 atom stereocenters. The van der Waals surface area contributed by atoms with Crippen molar-refractivity contribution >= 4 is 35.0 Å². The first-order chi connectivity index (χ1) is 9.04. The first-order valence-electron chi connectivity index (χ1n) is 6.02. The summed E-state index contributed by atoms with van der Waals surface area (Å²) in [6, 6.07) is 4.34. The van der Waals surface area contributed by atoms with Gasteiger partial charge in [-0.1, -0.05) is 23.2 Å². The van der Waals surface area contributed by atoms with Gasteiger partial charge in [0.05, 0.1) is 10.0 Å². The lowest BCUT2D eigenvalue weighted by Gasteiger charge is -2.23. The van der Waals surface area contributed by atoms with Gasteiger partial charge in [0.2, 0.25) is 5.91 Å². The molecule has 1 fully saturated rings. The smallest absolute Gasteiger partial charge is 0.254 e. The Bertz CT molecular complexity index is 519. The Morgan fingerprint density at radius 1 is 1.32 bits per heavy atom. The number of nitrogens with one attached hydrogen (secondary N) is 1. The summed E-state index contributed by atoms with van der Waals surface area (Å²) in [6.07, 6.45) is 1.51. The van der Waals surface area contributed by atoms with Crippen molar-refractivity contribution in [3.05, 3.63) is 33.8 Å². The molecule has 0 radical (unpaired) electrons. The topological polar surface area (TPSA) is 49.4 Å². The van der Waals surface area contributed by atoms with Gasteiger partial charge >= 0.3 is 0 Å². The van der Waals surface area contributed by atoms with Crippen molar-refractivity contribution < 1.29 is 9.59 Å². The highest BCUT2D eigenvalue weighted by Gasteiger charge is 2.34. The molecule has 0 aromatic heterocycles. The van der Waals surface area contributed by atoms with E-state index in [4.69, 9.17) is 23.2 Å². The third-order valence-corrected chi connectivity index (χ3v) is 3.97. The first kappa shape index (κ1) is 14.2. The molecule has 1 aliphatic rings. The summed E-state index contributed by atoms with van der Waals surface area (Å²) in [5.41, 5.74) is 0.449. The summed E-state index contributed by atoms with van der Waals surface area (Å²) >= 11 is 11.7. The van der Waals surface area contributed by atoms with Gasteiger partial charge in [0, 0.05) is 19.2 Å². The van der Waals surface area contributed by atoms with Gasteiger partial charge in [0.15, 0.2) is 0 Å². The number of likely N-dealkylation sites (tertiary alicyclic amines) is 1. The van der Waals surface area contributed by atoms with Crippen LogP contribution in [0.2, 0.25) is 10.0 Å². The maximum absolute atomic E-state index is 12.4. The number of carbonyl (C=O) groups is 2. The van der Waals surface area contributed by atoms with Crippen LogP contribution in [0.15, 0.2) is 18.2 Å². The SMILES string of the molecule is CNC(=O)[C@H]1CCCN1C(=O)c1ccc(Cl)c(Cl)c1. The highest BCUT2D eigenvalue weighted by atomic mass is 35.5. The number of benzene rings is 1. The van der Waals surface area contributed by atoms with E-state index in [1.807, 2.05) is 0 Å². The fourth-order valence-corrected chi connectivity index (χ4v) is 2.54. The lowest BCUT2D eigenvalue weighted by Crippen LogP contribution is -2.44. The zero-order valence-electron chi connectivity index (χ0n) is 10.5. The molecule has 1 N–H and O–H groups in total. The predicted molar refractivity (Wildman–Crippen MR) is 74.6 cm³/mol. The van der Waals surface area contributed by atoms with Gasteiger partial charge in [0.25, 0.3) is 5.91 Å². The summed E-state index contributed by atoms with van der Waals surface area (Å²) in [6.45, 7) is 0.581. The summed E-state index contributed by atoms with van der Waals surface area (Å²) in [5, 5.41) is 3.33. The standard InChI is InChI=1S/C13H14Cl2N2O2/c1-16-12(18)11-3-2-6-17(11)13(19)8-4-5-9(14)10(15)7-8/h4-5,7,11H,2-3,6H2,1H3,(H,16,18)/t11-/m1/s1. The molecule has 1 aromatic carbocycles. The molecule has 2 rings (SSSR count). The fourth-order valence-electron chi connectivity index (χ4n) is 2.24. The molecular weight excluding hydrogens is 287 g/mol. The molecule has 102 valence electrons. The van der Waals surface area contributed by atoms with Gasteiger partial charge in [-0.15, -0.1) is 0 Å². The fraction of sp³-hybridized carbons (Fsp3) is 0.385. The van der Waals surface area contributed by atoms with Crippen LogP contribution in [-0.2, 0) is 4.79 Å². The average molecular weight is 301 g/mol. The zero-order valence-corrected chi connectivity index (χ0v) is 12.0. The van der Waals surface area contributed by atoms with E-state index in [9.17, 15) is 9.59 Å². The van der Waals surface area contributed by atoms with E-state index in [0.29, 0.717) is 28.6 Å². The van der Waals surface area contributed by atoms with Crippen LogP contribution in [-0.4, -0.2) is 36.3 Å². The molecule has 6 heteroatoms. The number of nitrogens with zero attached hydrogens (tertiary/aromatic N) is 1. The van der Waals surface area contributed by atoms with E-state index in [1.165, 1.54) is 6.07 Å². The molecule has 1 heterocycles. The Hall–Kier alpha value is -1.26. The zero-order chi connectivity index (χ0) is 14.0. The van der Waals surface area contributed by atoms with Gasteiger partial charge in [0.1, 0.15) is 6.04 Å². The summed E-state index contributed by atoms with van der Waals surface area (Å²) in [7, 11) is 1.57. The number of hydrogen-bond donors (Lipinski definition) is 1. The van der Waals surface area contributed by atoms with Gasteiger partial charge in [-0.2, -0.15) is 0 Å². The number of carbonyl (C=O) groups excluding carboxylic acids is 2. The summed E-state index contributed by atoms with van der Waals surface area (Å²) in [4.78, 5) is 25.7. The van der Waals surface area contributed by atoms with Crippen LogP contribution in [0.1, 0.15) is 23.2 Å². The second kappa shape index (κ2) is 5.80. The second-order valence-electron chi connectivity index (χ2n) is 4.40. The molecule has 0 bridgehead atoms. The van der Waals surface area contributed by atoms with E-state index in [2.05, 4.69) is 5.32 Å². The van der Waals surface area contributed by atoms with Gasteiger partial charge in [-0.05, 0) is 31.0 Å². The van der Waals surface area contributed by atoms with Crippen LogP contribution in [0.3, 0.4) is 0 Å². The van der Waals surface area contributed by atoms with Crippen LogP contribution in [0.4, 0.5) is 0 Å². The molecular formula is C13H14Cl2N2O2. The molecule has 0 spiro atoms. The monoisotopic (exact) mass is 300 g/mol. The average Bonchev–Trinajstić information content (AvgIpc) is 2.89. The van der Waals surface area contributed by atoms with Crippen molar-refractivity contribution in [3.8, 4) is 0 Å². The Balaban J connectivity index is 2.23. The first-order valence-corrected chi connectivity index (χ1v) is 6.78. The van der Waals surface area contributed by atoms with E-state index < -0.39 is 6.04 Å². The molecule has 2 amide bonds. The Morgan fingerprint density at radius 3 is 2.68 bits per heavy atom. The van der Waals surface area contributed by atoms with E-state index >= 15 is 0 Å². The molecule has 0 unspecified atom stereocenters. The van der Waals surface area contributed by atoms with Crippen LogP contribution in [0.25, 0.3) is 0 Å². The van der Waals surface area contributed by atoms with Gasteiger partial charge < -0.3 is 10.2 Å². The van der Waals surface area contributed by atoms with Crippen molar-refractivity contribution in [3.63, 3.8) is 0 Å². The maximum atomic E-state index is 12.4. The minimum Gasteiger partial charge on any atom is -0.357 e. The number of likely N-dealkylation sites (N-methyl/N-ethyl adjacent to an activating group) is 1. The number of amides is 2. The van der Waals surface area contributed by atoms with Gasteiger partial charge in [-0.3, -0.25) is 9.59 Å². The largest absolute Gasteiger partial charge is 0.357 e. The molecule has 1 aromatic rings. The van der Waals surface area contributed by atoms with Crippen molar-refractivity contribution in [2.24, 2.45) is 0 Å². The van der Waals surface area contributed by atoms with Crippen LogP contribution in [0.5, 0.6) is 0 Å². The lowest BCUT2D eigenvalue weighted by atomic mass is 10.1. The van der Waals surface area contributed by atoms with E-state index in [0.717, 1.165) is 6.42 Å². The Kier molecular flexibility index (Phi) is 4.32. The van der Waals surface area contributed by atoms with Crippen LogP contribution in [0, 0.1) is 0 Å². The maximum Gasteiger partial charge on any atom is 0.254 e. The van der Waals surface area contributed by atoms with Crippen molar-refractivity contribution in [1.29, 1.82) is 0 Å². The van der Waals surface area contributed by atoms with Crippen molar-refractivity contribution in [1.82, 2.24) is 10.2 Å². The third-order valence-electron chi connectivity index (χ3n) is 3.23. The van der Waals surface area contributed by atoms with Crippen LogP contribution < -0.4 is 5.32 Å². The number of halogens is 2. The van der Waals surface area contributed by atoms with Crippen molar-refractivity contribution in [2.45, 2.75) is 18.9 Å². The molecule has 4 nitrogen and oxygen atoms in total. The van der Waals surface area contributed by atoms with Crippen molar-refractivity contribution in [2.75, 3.05) is 13.6 Å². The molecule has 1 saturated heterocycles. The molecule has 0 aliphatic carbocycles. The second-order valence-corrected chi connectivity index (χ2v) is 5.21. The third kappa shape index (κ3) is 2.85. The molecule has 19 heavy (non-hydrogen) atoms. The minimum absolute atomic E-state index is 0.133. The normalized spacial score (nSPS) is 18.5. The summed E-state index contributed by atoms with van der Waals surface area (Å²) in [5.74, 6) is -0.324. The summed E-state index contributed by atoms with van der Waals surface area (Å²) < 4.78 is 0. The lowest BCUT2D eigenvalue weighted by molar-refractivity contribution is -0.124. The van der Waals surface area contributed by atoms with E-state index in [-0.39, 0.29) is 11.8 Å². The highest BCUT2D eigenvalue weighted by molar-refractivity contribution is 6.42. The predicted octanol–water partition coefficient (Wildman–Crippen LogP) is 2.34. The highest BCUT2D eigenvalue weighted by Crippen LogP contribution is 2.25. The number of hydrogen-bond acceptors (Lipinski definition) is 2. The van der Waals surface area contributed by atoms with Gasteiger partial charge in [-0.25, -0.2) is 0 Å². The minimum atomic E-state index is -0.396. The quantitative estimate of drug-likeness (QED) is 0.911. The number of rotatable bonds is 2. The molecule has 0 saturated carbocycles. The molecule has 1 aliphatic heterocycles. The Labute approximate surface area is 121 Å². The van der Waals surface area contributed by atoms with Crippen LogP contribution >= 0.6 is 23.2 Å².